The Balaban J connectivity index is 1.72. The summed E-state index contributed by atoms with van der Waals surface area (Å²) in [6.07, 6.45) is 0. The third-order valence-corrected chi connectivity index (χ3v) is 3.08. The smallest absolute Gasteiger partial charge is 0.133 e. The van der Waals surface area contributed by atoms with Crippen LogP contribution in [-0.2, 0) is 13.1 Å². The molecule has 20 heavy (non-hydrogen) atoms. The summed E-state index contributed by atoms with van der Waals surface area (Å²) in [7, 11) is 2.02. The lowest BCUT2D eigenvalue weighted by atomic mass is 10.3. The second kappa shape index (κ2) is 4.97. The van der Waals surface area contributed by atoms with Crippen molar-refractivity contribution in [1.29, 1.82) is 0 Å². The van der Waals surface area contributed by atoms with Gasteiger partial charge in [0.15, 0.2) is 0 Å². The van der Waals surface area contributed by atoms with Crippen LogP contribution in [0.3, 0.4) is 0 Å². The van der Waals surface area contributed by atoms with Crippen molar-refractivity contribution >= 4 is 16.7 Å². The Morgan fingerprint density at radius 3 is 2.90 bits per heavy atom. The summed E-state index contributed by atoms with van der Waals surface area (Å²) < 4.78 is 5.06. The number of nitrogen functional groups attached to an aromatic ring is 1. The van der Waals surface area contributed by atoms with Crippen molar-refractivity contribution in [3.05, 3.63) is 41.5 Å². The van der Waals surface area contributed by atoms with E-state index in [0.717, 1.165) is 40.5 Å². The normalized spacial score (nSPS) is 11.6. The predicted octanol–water partition coefficient (Wildman–Crippen LogP) is 2.07. The standard InChI is InChI=1S/C14H17N5O/c1-9-5-11(18-20-9)7-19(2)8-14-16-12-4-3-10(15)6-13(12)17-14/h3-6H,7-8,15H2,1-2H3,(H,16,17). The molecule has 0 bridgehead atoms. The van der Waals surface area contributed by atoms with Crippen LogP contribution in [0.4, 0.5) is 5.69 Å². The van der Waals surface area contributed by atoms with Crippen molar-refractivity contribution in [3.8, 4) is 0 Å². The van der Waals surface area contributed by atoms with E-state index in [-0.39, 0.29) is 0 Å². The number of aromatic nitrogens is 3. The Morgan fingerprint density at radius 2 is 2.15 bits per heavy atom. The third kappa shape index (κ3) is 2.65. The number of benzene rings is 1. The van der Waals surface area contributed by atoms with Crippen molar-refractivity contribution in [3.63, 3.8) is 0 Å². The monoisotopic (exact) mass is 271 g/mol. The number of imidazole rings is 1. The van der Waals surface area contributed by atoms with Crippen LogP contribution in [0.1, 0.15) is 17.3 Å². The number of rotatable bonds is 4. The summed E-state index contributed by atoms with van der Waals surface area (Å²) in [6, 6.07) is 7.61. The summed E-state index contributed by atoms with van der Waals surface area (Å²) in [5, 5.41) is 3.99. The van der Waals surface area contributed by atoms with E-state index in [1.807, 2.05) is 38.2 Å². The molecule has 0 unspecified atom stereocenters. The largest absolute Gasteiger partial charge is 0.399 e. The Labute approximate surface area is 116 Å². The van der Waals surface area contributed by atoms with Crippen molar-refractivity contribution in [2.45, 2.75) is 20.0 Å². The molecule has 0 saturated heterocycles. The number of nitrogens with two attached hydrogens (primary N) is 1. The number of aryl methyl sites for hydroxylation is 1. The Kier molecular flexibility index (Phi) is 3.15. The number of fused-ring (bicyclic) bond motifs is 1. The molecule has 0 atom stereocenters. The molecule has 0 radical (unpaired) electrons. The van der Waals surface area contributed by atoms with E-state index in [9.17, 15) is 0 Å². The number of nitrogens with zero attached hydrogens (tertiary/aromatic N) is 3. The minimum absolute atomic E-state index is 0.709. The highest BCUT2D eigenvalue weighted by atomic mass is 16.5. The zero-order valence-corrected chi connectivity index (χ0v) is 11.6. The fourth-order valence-corrected chi connectivity index (χ4v) is 2.24. The molecule has 2 heterocycles. The predicted molar refractivity (Wildman–Crippen MR) is 76.9 cm³/mol. The van der Waals surface area contributed by atoms with Gasteiger partial charge in [-0.3, -0.25) is 4.90 Å². The summed E-state index contributed by atoms with van der Waals surface area (Å²) >= 11 is 0. The molecule has 6 nitrogen and oxygen atoms in total. The van der Waals surface area contributed by atoms with Gasteiger partial charge in [-0.05, 0) is 32.2 Å². The van der Waals surface area contributed by atoms with Crippen LogP contribution in [0.25, 0.3) is 11.0 Å². The minimum atomic E-state index is 0.709. The summed E-state index contributed by atoms with van der Waals surface area (Å²) in [5.41, 5.74) is 9.31. The van der Waals surface area contributed by atoms with Gasteiger partial charge in [0, 0.05) is 18.3 Å². The van der Waals surface area contributed by atoms with Crippen LogP contribution in [0, 0.1) is 6.92 Å². The van der Waals surface area contributed by atoms with Gasteiger partial charge >= 0.3 is 0 Å². The number of hydrogen-bond acceptors (Lipinski definition) is 5. The van der Waals surface area contributed by atoms with Crippen LogP contribution < -0.4 is 5.73 Å². The number of hydrogen-bond donors (Lipinski definition) is 2. The van der Waals surface area contributed by atoms with Gasteiger partial charge in [0.2, 0.25) is 0 Å². The van der Waals surface area contributed by atoms with Gasteiger partial charge in [-0.15, -0.1) is 0 Å². The SMILES string of the molecule is Cc1cc(CN(C)Cc2nc3ccc(N)cc3[nH]2)no1. The highest BCUT2D eigenvalue weighted by Gasteiger charge is 2.09. The molecule has 0 spiro atoms. The molecule has 0 aliphatic heterocycles. The second-order valence-electron chi connectivity index (χ2n) is 5.06. The van der Waals surface area contributed by atoms with Crippen LogP contribution in [0.15, 0.2) is 28.8 Å². The van der Waals surface area contributed by atoms with E-state index in [1.165, 1.54) is 0 Å². The number of anilines is 1. The first-order valence-corrected chi connectivity index (χ1v) is 6.45. The average Bonchev–Trinajstić information content (AvgIpc) is 2.94. The summed E-state index contributed by atoms with van der Waals surface area (Å²) in [4.78, 5) is 9.95. The molecule has 0 saturated carbocycles. The molecular formula is C14H17N5O. The van der Waals surface area contributed by atoms with E-state index < -0.39 is 0 Å². The van der Waals surface area contributed by atoms with Crippen molar-refractivity contribution < 1.29 is 4.52 Å². The highest BCUT2D eigenvalue weighted by Crippen LogP contribution is 2.16. The van der Waals surface area contributed by atoms with Gasteiger partial charge in [-0.2, -0.15) is 0 Å². The maximum atomic E-state index is 5.76. The molecule has 3 N–H and O–H groups in total. The maximum Gasteiger partial charge on any atom is 0.133 e. The maximum absolute atomic E-state index is 5.76. The Morgan fingerprint density at radius 1 is 1.30 bits per heavy atom. The molecule has 0 fully saturated rings. The first-order chi connectivity index (χ1) is 9.60. The van der Waals surface area contributed by atoms with Crippen molar-refractivity contribution in [2.24, 2.45) is 0 Å². The van der Waals surface area contributed by atoms with Gasteiger partial charge in [-0.25, -0.2) is 4.98 Å². The van der Waals surface area contributed by atoms with E-state index in [0.29, 0.717) is 6.54 Å². The van der Waals surface area contributed by atoms with E-state index in [2.05, 4.69) is 20.0 Å². The van der Waals surface area contributed by atoms with E-state index >= 15 is 0 Å². The second-order valence-corrected chi connectivity index (χ2v) is 5.06. The summed E-state index contributed by atoms with van der Waals surface area (Å²) in [6.45, 7) is 3.32. The summed E-state index contributed by atoms with van der Waals surface area (Å²) in [5.74, 6) is 1.74. The number of aromatic amines is 1. The fourth-order valence-electron chi connectivity index (χ4n) is 2.24. The van der Waals surface area contributed by atoms with Crippen LogP contribution in [0.2, 0.25) is 0 Å². The number of nitrogens with one attached hydrogen (secondary N) is 1. The van der Waals surface area contributed by atoms with Crippen molar-refractivity contribution in [2.75, 3.05) is 12.8 Å². The average molecular weight is 271 g/mol. The van der Waals surface area contributed by atoms with Crippen LogP contribution in [0.5, 0.6) is 0 Å². The fraction of sp³-hybridized carbons (Fsp3) is 0.286. The zero-order chi connectivity index (χ0) is 14.1. The van der Waals surface area contributed by atoms with Gasteiger partial charge in [0.1, 0.15) is 11.6 Å². The lowest BCUT2D eigenvalue weighted by Crippen LogP contribution is -2.18. The zero-order valence-electron chi connectivity index (χ0n) is 11.6. The third-order valence-electron chi connectivity index (χ3n) is 3.08. The molecule has 104 valence electrons. The first kappa shape index (κ1) is 12.7. The molecular weight excluding hydrogens is 254 g/mol. The van der Waals surface area contributed by atoms with Gasteiger partial charge in [-0.1, -0.05) is 5.16 Å². The topological polar surface area (TPSA) is 84.0 Å². The Bertz CT molecular complexity index is 730. The van der Waals surface area contributed by atoms with Gasteiger partial charge in [0.05, 0.1) is 23.3 Å². The van der Waals surface area contributed by atoms with Crippen LogP contribution >= 0.6 is 0 Å². The highest BCUT2D eigenvalue weighted by molar-refractivity contribution is 5.78. The molecule has 2 aromatic heterocycles. The van der Waals surface area contributed by atoms with Crippen LogP contribution in [-0.4, -0.2) is 27.1 Å². The molecule has 3 aromatic rings. The lowest BCUT2D eigenvalue weighted by molar-refractivity contribution is 0.296. The van der Waals surface area contributed by atoms with Gasteiger partial charge in [0.25, 0.3) is 0 Å². The van der Waals surface area contributed by atoms with E-state index in [4.69, 9.17) is 10.3 Å². The van der Waals surface area contributed by atoms with Crippen molar-refractivity contribution in [1.82, 2.24) is 20.0 Å². The molecule has 0 aliphatic rings. The number of H-pyrrole nitrogens is 1. The molecule has 6 heteroatoms. The molecule has 3 rings (SSSR count). The van der Waals surface area contributed by atoms with E-state index in [1.54, 1.807) is 0 Å². The first-order valence-electron chi connectivity index (χ1n) is 6.45. The molecule has 0 amide bonds. The quantitative estimate of drug-likeness (QED) is 0.710. The Hall–Kier alpha value is -2.34. The molecule has 1 aromatic carbocycles. The van der Waals surface area contributed by atoms with Gasteiger partial charge < -0.3 is 15.2 Å². The lowest BCUT2D eigenvalue weighted by Gasteiger charge is -2.12. The molecule has 0 aliphatic carbocycles. The minimum Gasteiger partial charge on any atom is -0.399 e.